The monoisotopic (exact) mass is 243 g/mol. The predicted octanol–water partition coefficient (Wildman–Crippen LogP) is 0.00900. The van der Waals surface area contributed by atoms with E-state index in [2.05, 4.69) is 5.32 Å². The Balaban J connectivity index is 2.83. The van der Waals surface area contributed by atoms with E-state index in [9.17, 15) is 14.4 Å². The molecule has 17 heavy (non-hydrogen) atoms. The van der Waals surface area contributed by atoms with Gasteiger partial charge in [-0.1, -0.05) is 0 Å². The van der Waals surface area contributed by atoms with Gasteiger partial charge in [-0.05, 0) is 20.3 Å². The number of carbonyl (C=O) groups excluding carboxylic acids is 3. The summed E-state index contributed by atoms with van der Waals surface area (Å²) in [5, 5.41) is 2.55. The molecule has 96 valence electrons. The zero-order chi connectivity index (χ0) is 12.9. The maximum atomic E-state index is 11.8. The Labute approximate surface area is 99.6 Å². The molecule has 0 aromatic rings. The van der Waals surface area contributed by atoms with Gasteiger partial charge in [0.2, 0.25) is 5.91 Å². The summed E-state index contributed by atoms with van der Waals surface area (Å²) in [5.74, 6) is -1.66. The second-order valence-electron chi connectivity index (χ2n) is 3.79. The van der Waals surface area contributed by atoms with Crippen molar-refractivity contribution in [1.29, 1.82) is 0 Å². The highest BCUT2D eigenvalue weighted by Gasteiger charge is 2.52. The van der Waals surface area contributed by atoms with Gasteiger partial charge in [-0.2, -0.15) is 0 Å². The summed E-state index contributed by atoms with van der Waals surface area (Å²) in [5.41, 5.74) is -1.40. The van der Waals surface area contributed by atoms with E-state index in [1.807, 2.05) is 0 Å². The summed E-state index contributed by atoms with van der Waals surface area (Å²) in [6.45, 7) is 4.10. The third-order valence-corrected chi connectivity index (χ3v) is 2.69. The lowest BCUT2D eigenvalue weighted by molar-refractivity contribution is -0.165. The minimum atomic E-state index is -1.40. The first-order valence-corrected chi connectivity index (χ1v) is 5.68. The van der Waals surface area contributed by atoms with Crippen molar-refractivity contribution in [2.24, 2.45) is 5.41 Å². The molecule has 0 aromatic heterocycles. The third-order valence-electron chi connectivity index (χ3n) is 2.69. The van der Waals surface area contributed by atoms with Gasteiger partial charge in [-0.25, -0.2) is 0 Å². The Morgan fingerprint density at radius 3 is 2.41 bits per heavy atom. The fraction of sp³-hybridized carbons (Fsp3) is 0.727. The summed E-state index contributed by atoms with van der Waals surface area (Å²) < 4.78 is 9.65. The molecule has 1 fully saturated rings. The minimum Gasteiger partial charge on any atom is -0.466 e. The van der Waals surface area contributed by atoms with E-state index in [-0.39, 0.29) is 26.1 Å². The molecule has 0 spiro atoms. The normalized spacial score (nSPS) is 23.1. The van der Waals surface area contributed by atoms with Gasteiger partial charge in [0, 0.05) is 6.54 Å². The Morgan fingerprint density at radius 2 is 1.94 bits per heavy atom. The Kier molecular flexibility index (Phi) is 4.48. The zero-order valence-electron chi connectivity index (χ0n) is 10.1. The lowest BCUT2D eigenvalue weighted by atomic mass is 9.83. The molecule has 1 aliphatic heterocycles. The smallest absolute Gasteiger partial charge is 0.322 e. The molecule has 0 aliphatic carbocycles. The fourth-order valence-corrected chi connectivity index (χ4v) is 1.84. The number of nitrogens with one attached hydrogen (secondary N) is 1. The molecule has 1 atom stereocenters. The average Bonchev–Trinajstić information content (AvgIpc) is 2.62. The van der Waals surface area contributed by atoms with Crippen LogP contribution in [-0.4, -0.2) is 37.6 Å². The van der Waals surface area contributed by atoms with Gasteiger partial charge in [0.15, 0.2) is 5.41 Å². The molecule has 6 nitrogen and oxygen atoms in total. The van der Waals surface area contributed by atoms with Crippen molar-refractivity contribution >= 4 is 17.8 Å². The van der Waals surface area contributed by atoms with Gasteiger partial charge in [0.1, 0.15) is 0 Å². The van der Waals surface area contributed by atoms with Crippen LogP contribution in [0.4, 0.5) is 0 Å². The highest BCUT2D eigenvalue weighted by atomic mass is 16.5. The first-order chi connectivity index (χ1) is 8.06. The second-order valence-corrected chi connectivity index (χ2v) is 3.79. The highest BCUT2D eigenvalue weighted by molar-refractivity contribution is 6.06. The summed E-state index contributed by atoms with van der Waals surface area (Å²) >= 11 is 0. The molecule has 1 rings (SSSR count). The van der Waals surface area contributed by atoms with E-state index in [0.29, 0.717) is 6.54 Å². The topological polar surface area (TPSA) is 81.7 Å². The van der Waals surface area contributed by atoms with E-state index in [0.717, 1.165) is 0 Å². The minimum absolute atomic E-state index is 0.177. The Hall–Kier alpha value is -1.59. The number of ether oxygens (including phenoxy) is 2. The second kappa shape index (κ2) is 5.65. The molecule has 0 saturated carbocycles. The van der Waals surface area contributed by atoms with E-state index in [1.54, 1.807) is 13.8 Å². The van der Waals surface area contributed by atoms with Crippen molar-refractivity contribution in [3.05, 3.63) is 0 Å². The largest absolute Gasteiger partial charge is 0.466 e. The van der Waals surface area contributed by atoms with Crippen molar-refractivity contribution in [1.82, 2.24) is 5.32 Å². The van der Waals surface area contributed by atoms with Crippen molar-refractivity contribution in [2.45, 2.75) is 26.7 Å². The van der Waals surface area contributed by atoms with Crippen molar-refractivity contribution < 1.29 is 23.9 Å². The van der Waals surface area contributed by atoms with Gasteiger partial charge in [0.05, 0.1) is 19.6 Å². The molecule has 1 amide bonds. The quantitative estimate of drug-likeness (QED) is 0.543. The van der Waals surface area contributed by atoms with E-state index in [1.165, 1.54) is 0 Å². The number of esters is 2. The van der Waals surface area contributed by atoms with Crippen LogP contribution in [0.2, 0.25) is 0 Å². The highest BCUT2D eigenvalue weighted by Crippen LogP contribution is 2.33. The van der Waals surface area contributed by atoms with Gasteiger partial charge >= 0.3 is 11.9 Å². The van der Waals surface area contributed by atoms with Crippen LogP contribution in [0, 0.1) is 5.41 Å². The summed E-state index contributed by atoms with van der Waals surface area (Å²) in [7, 11) is 0. The molecule has 6 heteroatoms. The molecule has 1 heterocycles. The van der Waals surface area contributed by atoms with E-state index in [4.69, 9.17) is 9.47 Å². The maximum absolute atomic E-state index is 11.8. The van der Waals surface area contributed by atoms with Crippen LogP contribution < -0.4 is 5.32 Å². The molecular formula is C11H17NO5. The van der Waals surface area contributed by atoms with Gasteiger partial charge in [-0.15, -0.1) is 0 Å². The fourth-order valence-electron chi connectivity index (χ4n) is 1.84. The molecule has 1 saturated heterocycles. The molecule has 0 aromatic carbocycles. The van der Waals surface area contributed by atoms with Crippen LogP contribution in [-0.2, 0) is 23.9 Å². The van der Waals surface area contributed by atoms with Crippen molar-refractivity contribution in [3.8, 4) is 0 Å². The van der Waals surface area contributed by atoms with Crippen LogP contribution in [0.3, 0.4) is 0 Å². The van der Waals surface area contributed by atoms with E-state index >= 15 is 0 Å². The number of hydrogen-bond acceptors (Lipinski definition) is 5. The molecule has 1 unspecified atom stereocenters. The van der Waals surface area contributed by atoms with Crippen LogP contribution in [0.1, 0.15) is 26.7 Å². The SMILES string of the molecule is CCOC(=O)CC1(C(=O)OCC)CCNC1=O. The molecule has 0 bridgehead atoms. The summed E-state index contributed by atoms with van der Waals surface area (Å²) in [6, 6.07) is 0. The summed E-state index contributed by atoms with van der Waals surface area (Å²) in [4.78, 5) is 35.0. The molecule has 0 radical (unpaired) electrons. The lowest BCUT2D eigenvalue weighted by Crippen LogP contribution is -2.42. The average molecular weight is 243 g/mol. The molecule has 1 N–H and O–H groups in total. The van der Waals surface area contributed by atoms with E-state index < -0.39 is 23.3 Å². The lowest BCUT2D eigenvalue weighted by Gasteiger charge is -2.22. The van der Waals surface area contributed by atoms with Gasteiger partial charge in [0.25, 0.3) is 0 Å². The number of amides is 1. The summed E-state index contributed by atoms with van der Waals surface area (Å²) in [6.07, 6.45) is 0.00892. The van der Waals surface area contributed by atoms with Crippen LogP contribution >= 0.6 is 0 Å². The van der Waals surface area contributed by atoms with Gasteiger partial charge < -0.3 is 14.8 Å². The molecular weight excluding hydrogens is 226 g/mol. The predicted molar refractivity (Wildman–Crippen MR) is 57.9 cm³/mol. The number of carbonyl (C=O) groups is 3. The zero-order valence-corrected chi connectivity index (χ0v) is 10.1. The molecule has 1 aliphatic rings. The van der Waals surface area contributed by atoms with Crippen LogP contribution in [0.15, 0.2) is 0 Å². The van der Waals surface area contributed by atoms with Gasteiger partial charge in [-0.3, -0.25) is 14.4 Å². The third kappa shape index (κ3) is 2.75. The standard InChI is InChI=1S/C11H17NO5/c1-3-16-8(13)7-11(10(15)17-4-2)5-6-12-9(11)14/h3-7H2,1-2H3,(H,12,14). The number of rotatable bonds is 5. The van der Waals surface area contributed by atoms with Crippen molar-refractivity contribution in [3.63, 3.8) is 0 Å². The Morgan fingerprint density at radius 1 is 1.29 bits per heavy atom. The maximum Gasteiger partial charge on any atom is 0.322 e. The van der Waals surface area contributed by atoms with Crippen molar-refractivity contribution in [2.75, 3.05) is 19.8 Å². The Bertz CT molecular complexity index is 328. The first-order valence-electron chi connectivity index (χ1n) is 5.68. The van der Waals surface area contributed by atoms with Crippen LogP contribution in [0.5, 0.6) is 0 Å². The number of hydrogen-bond donors (Lipinski definition) is 1. The first kappa shape index (κ1) is 13.5. The van der Waals surface area contributed by atoms with Crippen LogP contribution in [0.25, 0.3) is 0 Å².